The standard InChI is InChI=1S/C56H66N12O10/c1-11-67-43(23-33(5)61-67)53(71)59-55-63(7)41-25-37(51(57)69)27-45(77-31-35-15-19-39(73-9)20-16-35)49(41)65(55)29-47(75-13-3)48(76-14-4)30-66-50-42(64(8)56(66)60-54(72)44-24-34(6)62-68(44)12-2)26-38(52(58)70)28-46(50)78-32-36-17-21-40(74-10)22-18-36/h15-28,47-48H,11-14,29-32H2,1-10H3,(H2,57,69)(H2,58,70). The van der Waals surface area contributed by atoms with E-state index in [0.717, 1.165) is 11.1 Å². The van der Waals surface area contributed by atoms with Crippen LogP contribution in [0.15, 0.2) is 94.9 Å². The van der Waals surface area contributed by atoms with E-state index in [0.29, 0.717) is 58.0 Å². The van der Waals surface area contributed by atoms with Crippen LogP contribution in [0.5, 0.6) is 23.0 Å². The van der Waals surface area contributed by atoms with Gasteiger partial charge in [0.05, 0.1) is 49.7 Å². The molecule has 0 fully saturated rings. The van der Waals surface area contributed by atoms with Crippen LogP contribution in [0.25, 0.3) is 22.1 Å². The molecule has 0 aliphatic carbocycles. The van der Waals surface area contributed by atoms with Crippen LogP contribution >= 0.6 is 0 Å². The molecule has 4 heterocycles. The van der Waals surface area contributed by atoms with Crippen molar-refractivity contribution in [1.82, 2.24) is 37.8 Å². The molecule has 0 aliphatic heterocycles. The molecule has 8 aromatic rings. The Bertz CT molecular complexity index is 3430. The summed E-state index contributed by atoms with van der Waals surface area (Å²) in [6.07, 6.45) is -1.71. The van der Waals surface area contributed by atoms with Crippen LogP contribution in [0.1, 0.15) is 91.9 Å². The maximum Gasteiger partial charge on any atom is 0.298 e. The fourth-order valence-corrected chi connectivity index (χ4v) is 9.46. The number of aryl methyl sites for hydroxylation is 6. The number of carbonyl (C=O) groups is 4. The van der Waals surface area contributed by atoms with E-state index in [1.807, 2.05) is 85.4 Å². The molecule has 0 spiro atoms. The summed E-state index contributed by atoms with van der Waals surface area (Å²) in [4.78, 5) is 64.5. The minimum absolute atomic E-state index is 0.0127. The number of ether oxygens (including phenoxy) is 6. The van der Waals surface area contributed by atoms with Crippen molar-refractivity contribution >= 4 is 45.7 Å². The molecule has 4 aromatic heterocycles. The highest BCUT2D eigenvalue weighted by molar-refractivity contribution is 6.00. The highest BCUT2D eigenvalue weighted by Crippen LogP contribution is 2.32. The monoisotopic (exact) mass is 1070 g/mol. The summed E-state index contributed by atoms with van der Waals surface area (Å²) in [6, 6.07) is 24.5. The number of imidazole rings is 2. The number of nitrogens with two attached hydrogens (primary N) is 2. The van der Waals surface area contributed by atoms with Crippen LogP contribution in [-0.2, 0) is 63.0 Å². The minimum atomic E-state index is -0.854. The van der Waals surface area contributed by atoms with Gasteiger partial charge in [0.1, 0.15) is 70.8 Å². The van der Waals surface area contributed by atoms with E-state index < -0.39 is 35.8 Å². The lowest BCUT2D eigenvalue weighted by Gasteiger charge is -2.28. The summed E-state index contributed by atoms with van der Waals surface area (Å²) < 4.78 is 47.6. The first-order valence-corrected chi connectivity index (χ1v) is 25.6. The second-order valence-corrected chi connectivity index (χ2v) is 18.4. The third-order valence-electron chi connectivity index (χ3n) is 13.3. The van der Waals surface area contributed by atoms with Gasteiger partial charge in [-0.2, -0.15) is 20.2 Å². The lowest BCUT2D eigenvalue weighted by Crippen LogP contribution is -2.43. The van der Waals surface area contributed by atoms with Gasteiger partial charge >= 0.3 is 0 Å². The van der Waals surface area contributed by atoms with Gasteiger partial charge in [-0.05, 0) is 113 Å². The summed E-state index contributed by atoms with van der Waals surface area (Å²) in [6.45, 7) is 12.5. The molecule has 0 radical (unpaired) electrons. The Labute approximate surface area is 450 Å². The highest BCUT2D eigenvalue weighted by atomic mass is 16.5. The van der Waals surface area contributed by atoms with E-state index in [2.05, 4.69) is 10.2 Å². The number of benzene rings is 4. The first-order valence-electron chi connectivity index (χ1n) is 25.6. The summed E-state index contributed by atoms with van der Waals surface area (Å²) >= 11 is 0. The lowest BCUT2D eigenvalue weighted by atomic mass is 10.1. The van der Waals surface area contributed by atoms with E-state index in [1.165, 1.54) is 0 Å². The molecular formula is C56H66N12O10. The smallest absolute Gasteiger partial charge is 0.298 e. The van der Waals surface area contributed by atoms with Crippen LogP contribution in [0.2, 0.25) is 0 Å². The van der Waals surface area contributed by atoms with Crippen molar-refractivity contribution in [3.63, 3.8) is 0 Å². The third-order valence-corrected chi connectivity index (χ3v) is 13.3. The first-order chi connectivity index (χ1) is 37.5. The summed E-state index contributed by atoms with van der Waals surface area (Å²) in [5.41, 5.74) is 17.9. The number of nitrogens with zero attached hydrogens (tertiary/aromatic N) is 10. The van der Waals surface area contributed by atoms with E-state index in [9.17, 15) is 19.2 Å². The Kier molecular flexibility index (Phi) is 17.1. The fraction of sp³-hybridized carbons (Fsp3) is 0.357. The van der Waals surface area contributed by atoms with Crippen LogP contribution in [0, 0.1) is 13.8 Å². The van der Waals surface area contributed by atoms with Crippen molar-refractivity contribution in [2.75, 3.05) is 27.4 Å². The molecule has 410 valence electrons. The Morgan fingerprint density at radius 2 is 0.936 bits per heavy atom. The maximum atomic E-state index is 14.4. The normalized spacial score (nSPS) is 12.8. The Morgan fingerprint density at radius 3 is 1.26 bits per heavy atom. The number of hydrogen-bond acceptors (Lipinski definition) is 12. The molecule has 78 heavy (non-hydrogen) atoms. The third kappa shape index (κ3) is 11.6. The molecule has 4 aromatic carbocycles. The van der Waals surface area contributed by atoms with E-state index in [1.54, 1.807) is 97.1 Å². The second-order valence-electron chi connectivity index (χ2n) is 18.4. The molecule has 2 unspecified atom stereocenters. The van der Waals surface area contributed by atoms with E-state index >= 15 is 0 Å². The van der Waals surface area contributed by atoms with Crippen LogP contribution < -0.4 is 41.7 Å². The van der Waals surface area contributed by atoms with Crippen LogP contribution in [0.4, 0.5) is 0 Å². The number of aromatic nitrogens is 8. The van der Waals surface area contributed by atoms with E-state index in [4.69, 9.17) is 49.9 Å². The topological polar surface area (TPSA) is 256 Å². The average Bonchev–Trinajstić information content (AvgIpc) is 4.25. The molecule has 0 saturated carbocycles. The van der Waals surface area contributed by atoms with Crippen LogP contribution in [0.3, 0.4) is 0 Å². The molecule has 22 heteroatoms. The Balaban J connectivity index is 1.34. The number of hydrogen-bond donors (Lipinski definition) is 2. The SMILES string of the molecule is CCOC(Cn1c(=NC(=O)c2cc(C)nn2CC)n(C)c2cc(C(N)=O)cc(OCc3ccc(OC)cc3)c21)C(Cn1c(=NC(=O)c2cc(C)nn2CC)n(C)c2cc(C(N)=O)cc(OCc3ccc(OC)cc3)c21)OCC. The predicted octanol–water partition coefficient (Wildman–Crippen LogP) is 5.69. The summed E-state index contributed by atoms with van der Waals surface area (Å²) in [5, 5.41) is 9.01. The number of methoxy groups -OCH3 is 2. The average molecular weight is 1070 g/mol. The maximum absolute atomic E-state index is 14.4. The summed E-state index contributed by atoms with van der Waals surface area (Å²) in [5.74, 6) is -0.657. The molecule has 4 amide bonds. The molecule has 4 N–H and O–H groups in total. The van der Waals surface area contributed by atoms with Crippen molar-refractivity contribution in [2.24, 2.45) is 35.5 Å². The van der Waals surface area contributed by atoms with Gasteiger partial charge in [0.15, 0.2) is 0 Å². The molecule has 0 saturated heterocycles. The quantitative estimate of drug-likeness (QED) is 0.0784. The van der Waals surface area contributed by atoms with Crippen molar-refractivity contribution in [3.05, 3.63) is 141 Å². The number of amides is 4. The summed E-state index contributed by atoms with van der Waals surface area (Å²) in [7, 11) is 6.64. The van der Waals surface area contributed by atoms with Crippen molar-refractivity contribution in [3.8, 4) is 23.0 Å². The van der Waals surface area contributed by atoms with Gasteiger partial charge < -0.3 is 58.2 Å². The van der Waals surface area contributed by atoms with Crippen molar-refractivity contribution in [1.29, 1.82) is 0 Å². The minimum Gasteiger partial charge on any atom is -0.497 e. The predicted molar refractivity (Wildman–Crippen MR) is 289 cm³/mol. The molecule has 0 bridgehead atoms. The number of fused-ring (bicyclic) bond motifs is 2. The Morgan fingerprint density at radius 1 is 0.564 bits per heavy atom. The van der Waals surface area contributed by atoms with Gasteiger partial charge in [0.25, 0.3) is 11.8 Å². The van der Waals surface area contributed by atoms with Gasteiger partial charge in [0.2, 0.25) is 23.1 Å². The number of primary amides is 2. The molecule has 8 rings (SSSR count). The second kappa shape index (κ2) is 24.1. The van der Waals surface area contributed by atoms with Gasteiger partial charge in [0, 0.05) is 51.5 Å². The zero-order valence-corrected chi connectivity index (χ0v) is 45.6. The molecular weight excluding hydrogens is 1000 g/mol. The largest absolute Gasteiger partial charge is 0.497 e. The van der Waals surface area contributed by atoms with Gasteiger partial charge in [-0.25, -0.2) is 0 Å². The first kappa shape index (κ1) is 55.5. The zero-order chi connectivity index (χ0) is 55.9. The van der Waals surface area contributed by atoms with Crippen molar-refractivity contribution < 1.29 is 47.6 Å². The van der Waals surface area contributed by atoms with Gasteiger partial charge in [-0.1, -0.05) is 24.3 Å². The molecule has 2 atom stereocenters. The van der Waals surface area contributed by atoms with Gasteiger partial charge in [-0.15, -0.1) is 0 Å². The van der Waals surface area contributed by atoms with E-state index in [-0.39, 0.29) is 84.8 Å². The van der Waals surface area contributed by atoms with Crippen molar-refractivity contribution in [2.45, 2.75) is 93.1 Å². The Hall–Kier alpha value is -8.76. The zero-order valence-electron chi connectivity index (χ0n) is 45.6. The fourth-order valence-electron chi connectivity index (χ4n) is 9.46. The molecule has 0 aliphatic rings. The molecule has 22 nitrogen and oxygen atoms in total. The highest BCUT2D eigenvalue weighted by Gasteiger charge is 2.31. The number of rotatable bonds is 23. The van der Waals surface area contributed by atoms with Crippen LogP contribution in [-0.4, -0.2) is 101 Å². The van der Waals surface area contributed by atoms with Gasteiger partial charge in [-0.3, -0.25) is 28.5 Å². The lowest BCUT2D eigenvalue weighted by molar-refractivity contribution is -0.0801. The number of carbonyl (C=O) groups excluding carboxylic acids is 4.